The van der Waals surface area contributed by atoms with Crippen LogP contribution in [-0.4, -0.2) is 21.0 Å². The lowest BCUT2D eigenvalue weighted by atomic mass is 9.70. The van der Waals surface area contributed by atoms with Crippen LogP contribution >= 0.6 is 35.3 Å². The SMILES string of the molecule is CCCCC1(CCCC)c2ccccc2-c2ccc(N(c3ccc(-c4ccc(/C=C5/SC(=S)N(C(C)=O)C5=O)s4)cc3)c3ccc4c(c3)C(CCCC)(CCCC)c3ccccc3-4)cc21. The summed E-state index contributed by atoms with van der Waals surface area (Å²) in [4.78, 5) is 31.2. The van der Waals surface area contributed by atoms with Crippen LogP contribution in [0.2, 0.25) is 0 Å². The third kappa shape index (κ3) is 8.06. The van der Waals surface area contributed by atoms with Crippen molar-refractivity contribution in [2.75, 3.05) is 4.90 Å². The molecule has 2 amide bonds. The molecular formula is C58H60N2O2S3. The number of thioether (sulfide) groups is 1. The molecule has 1 aromatic heterocycles. The predicted molar refractivity (Wildman–Crippen MR) is 281 cm³/mol. The maximum absolute atomic E-state index is 13.0. The molecule has 332 valence electrons. The van der Waals surface area contributed by atoms with Crippen LogP contribution in [-0.2, 0) is 20.4 Å². The minimum absolute atomic E-state index is 0.0262. The summed E-state index contributed by atoms with van der Waals surface area (Å²) in [6.07, 6.45) is 15.9. The van der Waals surface area contributed by atoms with E-state index in [0.29, 0.717) is 4.91 Å². The number of unbranched alkanes of at least 4 members (excludes halogenated alkanes) is 4. The largest absolute Gasteiger partial charge is 0.310 e. The van der Waals surface area contributed by atoms with Crippen molar-refractivity contribution < 1.29 is 9.59 Å². The van der Waals surface area contributed by atoms with E-state index in [9.17, 15) is 9.59 Å². The number of anilines is 3. The molecule has 0 bridgehead atoms. The molecule has 3 aliphatic rings. The molecule has 5 aromatic carbocycles. The first-order chi connectivity index (χ1) is 31.7. The van der Waals surface area contributed by atoms with Gasteiger partial charge in [0.2, 0.25) is 5.91 Å². The number of imide groups is 1. The molecule has 7 heteroatoms. The monoisotopic (exact) mass is 912 g/mol. The van der Waals surface area contributed by atoms with Gasteiger partial charge in [0.05, 0.1) is 4.91 Å². The first-order valence-corrected chi connectivity index (χ1v) is 26.0. The number of carbonyl (C=O) groups excluding carboxylic acids is 2. The Morgan fingerprint density at radius 1 is 0.600 bits per heavy atom. The van der Waals surface area contributed by atoms with Gasteiger partial charge in [-0.15, -0.1) is 11.3 Å². The molecular weight excluding hydrogens is 853 g/mol. The van der Waals surface area contributed by atoms with Crippen LogP contribution in [0.4, 0.5) is 17.1 Å². The van der Waals surface area contributed by atoms with Gasteiger partial charge in [-0.05, 0) is 130 Å². The van der Waals surface area contributed by atoms with E-state index in [4.69, 9.17) is 12.2 Å². The lowest BCUT2D eigenvalue weighted by molar-refractivity contribution is -0.135. The van der Waals surface area contributed by atoms with Crippen LogP contribution in [0.5, 0.6) is 0 Å². The fraction of sp³-hybridized carbons (Fsp3) is 0.328. The van der Waals surface area contributed by atoms with E-state index in [1.165, 1.54) is 126 Å². The molecule has 9 rings (SSSR count). The maximum atomic E-state index is 13.0. The summed E-state index contributed by atoms with van der Waals surface area (Å²) >= 11 is 8.16. The van der Waals surface area contributed by atoms with Crippen molar-refractivity contribution in [1.29, 1.82) is 0 Å². The average Bonchev–Trinajstić information content (AvgIpc) is 4.06. The molecule has 2 heterocycles. The fourth-order valence-corrected chi connectivity index (χ4v) is 13.5. The second-order valence-electron chi connectivity index (χ2n) is 18.2. The normalized spacial score (nSPS) is 15.9. The molecule has 65 heavy (non-hydrogen) atoms. The van der Waals surface area contributed by atoms with Gasteiger partial charge >= 0.3 is 0 Å². The maximum Gasteiger partial charge on any atom is 0.273 e. The van der Waals surface area contributed by atoms with Gasteiger partial charge in [0, 0.05) is 44.6 Å². The molecule has 0 atom stereocenters. The van der Waals surface area contributed by atoms with Gasteiger partial charge in [-0.1, -0.05) is 176 Å². The number of rotatable bonds is 17. The number of fused-ring (bicyclic) bond motifs is 6. The first-order valence-electron chi connectivity index (χ1n) is 24.0. The lowest BCUT2D eigenvalue weighted by Crippen LogP contribution is -2.32. The van der Waals surface area contributed by atoms with Crippen molar-refractivity contribution >= 4 is 74.6 Å². The van der Waals surface area contributed by atoms with E-state index in [1.807, 2.05) is 12.1 Å². The summed E-state index contributed by atoms with van der Waals surface area (Å²) in [6, 6.07) is 46.3. The van der Waals surface area contributed by atoms with Crippen LogP contribution in [0.15, 0.2) is 126 Å². The summed E-state index contributed by atoms with van der Waals surface area (Å²) < 4.78 is 0.284. The van der Waals surface area contributed by atoms with Gasteiger partial charge < -0.3 is 4.90 Å². The molecule has 2 aliphatic carbocycles. The summed E-state index contributed by atoms with van der Waals surface area (Å²) in [5, 5.41) is 0. The smallest absolute Gasteiger partial charge is 0.273 e. The third-order valence-corrected chi connectivity index (χ3v) is 16.7. The molecule has 4 nitrogen and oxygen atoms in total. The van der Waals surface area contributed by atoms with Gasteiger partial charge in [0.15, 0.2) is 4.32 Å². The van der Waals surface area contributed by atoms with Gasteiger partial charge in [0.25, 0.3) is 5.91 Å². The van der Waals surface area contributed by atoms with Crippen molar-refractivity contribution in [1.82, 2.24) is 4.90 Å². The topological polar surface area (TPSA) is 40.6 Å². The van der Waals surface area contributed by atoms with E-state index >= 15 is 0 Å². The van der Waals surface area contributed by atoms with Crippen molar-refractivity contribution in [2.45, 2.75) is 122 Å². The van der Waals surface area contributed by atoms with Crippen molar-refractivity contribution in [3.05, 3.63) is 153 Å². The van der Waals surface area contributed by atoms with Gasteiger partial charge in [-0.3, -0.25) is 9.59 Å². The highest BCUT2D eigenvalue weighted by Gasteiger charge is 2.44. The summed E-state index contributed by atoms with van der Waals surface area (Å²) in [5.74, 6) is -0.704. The Morgan fingerprint density at radius 2 is 1.06 bits per heavy atom. The van der Waals surface area contributed by atoms with Crippen LogP contribution in [0, 0.1) is 0 Å². The minimum Gasteiger partial charge on any atom is -0.310 e. The Hall–Kier alpha value is -5.08. The summed E-state index contributed by atoms with van der Waals surface area (Å²) in [5.41, 5.74) is 16.0. The average molecular weight is 913 g/mol. The molecule has 1 fully saturated rings. The van der Waals surface area contributed by atoms with Crippen LogP contribution in [0.1, 0.15) is 139 Å². The Kier molecular flexibility index (Phi) is 13.2. The highest BCUT2D eigenvalue weighted by molar-refractivity contribution is 8.26. The highest BCUT2D eigenvalue weighted by atomic mass is 32.2. The number of hydrogen-bond acceptors (Lipinski definition) is 6. The van der Waals surface area contributed by atoms with E-state index in [1.54, 1.807) is 11.3 Å². The highest BCUT2D eigenvalue weighted by Crippen LogP contribution is 2.58. The molecule has 0 radical (unpaired) electrons. The van der Waals surface area contributed by atoms with Crippen LogP contribution in [0.25, 0.3) is 38.8 Å². The molecule has 0 saturated carbocycles. The summed E-state index contributed by atoms with van der Waals surface area (Å²) in [7, 11) is 0. The Morgan fingerprint density at radius 3 is 1.52 bits per heavy atom. The second-order valence-corrected chi connectivity index (χ2v) is 21.0. The lowest BCUT2D eigenvalue weighted by Gasteiger charge is -2.35. The first kappa shape index (κ1) is 45.1. The third-order valence-electron chi connectivity index (χ3n) is 14.3. The number of carbonyl (C=O) groups is 2. The molecule has 0 N–H and O–H groups in total. The molecule has 0 unspecified atom stereocenters. The van der Waals surface area contributed by atoms with Crippen molar-refractivity contribution in [3.8, 4) is 32.7 Å². The number of nitrogens with zero attached hydrogens (tertiary/aromatic N) is 2. The zero-order valence-corrected chi connectivity index (χ0v) is 41.0. The zero-order valence-electron chi connectivity index (χ0n) is 38.5. The second kappa shape index (κ2) is 19.0. The quantitative estimate of drug-likeness (QED) is 0.0673. The van der Waals surface area contributed by atoms with Crippen molar-refractivity contribution in [2.24, 2.45) is 0 Å². The number of hydrogen-bond donors (Lipinski definition) is 0. The van der Waals surface area contributed by atoms with E-state index in [0.717, 1.165) is 51.6 Å². The minimum atomic E-state index is -0.355. The number of thiocarbonyl (C=S) groups is 1. The molecule has 6 aromatic rings. The number of thiophene rings is 1. The van der Waals surface area contributed by atoms with Gasteiger partial charge in [-0.2, -0.15) is 0 Å². The van der Waals surface area contributed by atoms with Crippen molar-refractivity contribution in [3.63, 3.8) is 0 Å². The standard InChI is InChI=1S/C58H60N2O2S3/c1-6-10-32-57(33-11-7-2)49-20-16-14-18-45(49)47-29-26-42(36-51(47)57)60(43-27-30-48-46-19-15-17-21-50(46)58(34-12-8-3,35-13-9-4)52(48)37-43)41-24-22-40(23-25-41)53-31-28-44(64-53)38-54-55(62)59(39(5)61)56(63)65-54/h14-31,36-38H,6-13,32-35H2,1-5H3/b54-38+. The summed E-state index contributed by atoms with van der Waals surface area (Å²) in [6.45, 7) is 10.7. The van der Waals surface area contributed by atoms with Crippen LogP contribution in [0.3, 0.4) is 0 Å². The Labute approximate surface area is 400 Å². The Balaban J connectivity index is 1.17. The molecule has 1 aliphatic heterocycles. The van der Waals surface area contributed by atoms with Crippen LogP contribution < -0.4 is 4.90 Å². The van der Waals surface area contributed by atoms with Gasteiger partial charge in [0.1, 0.15) is 0 Å². The predicted octanol–water partition coefficient (Wildman–Crippen LogP) is 16.9. The molecule has 1 saturated heterocycles. The van der Waals surface area contributed by atoms with Gasteiger partial charge in [-0.25, -0.2) is 4.90 Å². The number of benzene rings is 5. The molecule has 0 spiro atoms. The number of amides is 2. The fourth-order valence-electron chi connectivity index (χ4n) is 11.1. The Bertz CT molecular complexity index is 2660. The van der Waals surface area contributed by atoms with E-state index in [-0.39, 0.29) is 27.0 Å². The zero-order chi connectivity index (χ0) is 45.3. The van der Waals surface area contributed by atoms with E-state index in [2.05, 4.69) is 148 Å². The van der Waals surface area contributed by atoms with E-state index < -0.39 is 0 Å².